The fourth-order valence-corrected chi connectivity index (χ4v) is 2.31. The van der Waals surface area contributed by atoms with E-state index in [0.717, 1.165) is 18.6 Å². The van der Waals surface area contributed by atoms with Crippen molar-refractivity contribution >= 4 is 0 Å². The fraction of sp³-hybridized carbons (Fsp3) is 1.00. The van der Waals surface area contributed by atoms with Crippen molar-refractivity contribution in [2.75, 3.05) is 13.6 Å². The van der Waals surface area contributed by atoms with Gasteiger partial charge in [-0.1, -0.05) is 13.3 Å². The summed E-state index contributed by atoms with van der Waals surface area (Å²) in [6.07, 6.45) is 6.77. The van der Waals surface area contributed by atoms with Crippen LogP contribution in [0.2, 0.25) is 0 Å². The van der Waals surface area contributed by atoms with E-state index < -0.39 is 0 Å². The summed E-state index contributed by atoms with van der Waals surface area (Å²) in [5, 5.41) is 3.57. The van der Waals surface area contributed by atoms with Crippen molar-refractivity contribution in [3.63, 3.8) is 0 Å². The Hall–Kier alpha value is -0.0800. The molecule has 0 aromatic rings. The molecule has 2 nitrogen and oxygen atoms in total. The average molecular weight is 212 g/mol. The van der Waals surface area contributed by atoms with E-state index in [0.29, 0.717) is 6.04 Å². The molecule has 0 bridgehead atoms. The van der Waals surface area contributed by atoms with Crippen LogP contribution in [-0.4, -0.2) is 36.6 Å². The molecule has 2 atom stereocenters. The molecular formula is C13H28N2. The van der Waals surface area contributed by atoms with Crippen molar-refractivity contribution in [3.8, 4) is 0 Å². The van der Waals surface area contributed by atoms with E-state index in [1.165, 1.54) is 32.1 Å². The minimum atomic E-state index is 0.655. The van der Waals surface area contributed by atoms with Crippen LogP contribution in [0.4, 0.5) is 0 Å². The number of nitrogens with zero attached hydrogens (tertiary/aromatic N) is 1. The van der Waals surface area contributed by atoms with Crippen LogP contribution in [0.25, 0.3) is 0 Å². The highest BCUT2D eigenvalue weighted by Crippen LogP contribution is 2.25. The van der Waals surface area contributed by atoms with Gasteiger partial charge in [-0.25, -0.2) is 0 Å². The Morgan fingerprint density at radius 2 is 2.00 bits per heavy atom. The molecular weight excluding hydrogens is 184 g/mol. The summed E-state index contributed by atoms with van der Waals surface area (Å²) >= 11 is 0. The molecule has 1 aliphatic rings. The number of rotatable bonds is 7. The molecule has 2 heteroatoms. The highest BCUT2D eigenvalue weighted by Gasteiger charge is 2.25. The minimum absolute atomic E-state index is 0.655. The van der Waals surface area contributed by atoms with Gasteiger partial charge in [-0.3, -0.25) is 0 Å². The zero-order valence-corrected chi connectivity index (χ0v) is 10.9. The monoisotopic (exact) mass is 212 g/mol. The quantitative estimate of drug-likeness (QED) is 0.698. The third-order valence-corrected chi connectivity index (χ3v) is 3.78. The summed E-state index contributed by atoms with van der Waals surface area (Å²) in [4.78, 5) is 2.58. The van der Waals surface area contributed by atoms with Gasteiger partial charge in [0.1, 0.15) is 0 Å². The van der Waals surface area contributed by atoms with Crippen molar-refractivity contribution in [3.05, 3.63) is 0 Å². The molecule has 0 spiro atoms. The van der Waals surface area contributed by atoms with Gasteiger partial charge in [0.05, 0.1) is 0 Å². The molecule has 0 aliphatic heterocycles. The van der Waals surface area contributed by atoms with Gasteiger partial charge in [-0.2, -0.15) is 0 Å². The minimum Gasteiger partial charge on any atom is -0.314 e. The third-order valence-electron chi connectivity index (χ3n) is 3.78. The summed E-state index contributed by atoms with van der Waals surface area (Å²) in [5.74, 6) is 0. The highest BCUT2D eigenvalue weighted by molar-refractivity contribution is 4.82. The lowest BCUT2D eigenvalue weighted by Gasteiger charge is -2.39. The van der Waals surface area contributed by atoms with Crippen LogP contribution in [0.3, 0.4) is 0 Å². The molecule has 1 aliphatic carbocycles. The Morgan fingerprint density at radius 3 is 2.47 bits per heavy atom. The van der Waals surface area contributed by atoms with E-state index in [9.17, 15) is 0 Å². The zero-order valence-electron chi connectivity index (χ0n) is 10.9. The average Bonchev–Trinajstić information content (AvgIpc) is 2.11. The molecule has 1 saturated carbocycles. The van der Waals surface area contributed by atoms with E-state index in [1.807, 2.05) is 0 Å². The lowest BCUT2D eigenvalue weighted by atomic mass is 9.90. The molecule has 1 N–H and O–H groups in total. The van der Waals surface area contributed by atoms with Crippen LogP contribution in [0.15, 0.2) is 0 Å². The van der Waals surface area contributed by atoms with Crippen LogP contribution in [0.5, 0.6) is 0 Å². The molecule has 1 fully saturated rings. The third kappa shape index (κ3) is 4.12. The molecule has 15 heavy (non-hydrogen) atoms. The van der Waals surface area contributed by atoms with Crippen molar-refractivity contribution in [2.45, 2.75) is 71.0 Å². The number of nitrogens with one attached hydrogen (secondary N) is 1. The van der Waals surface area contributed by atoms with Gasteiger partial charge in [0.25, 0.3) is 0 Å². The van der Waals surface area contributed by atoms with Crippen molar-refractivity contribution in [2.24, 2.45) is 0 Å². The maximum atomic E-state index is 3.57. The zero-order chi connectivity index (χ0) is 11.3. The number of hydrogen-bond donors (Lipinski definition) is 1. The Balaban J connectivity index is 2.17. The number of hydrogen-bond acceptors (Lipinski definition) is 2. The smallest absolute Gasteiger partial charge is 0.00950 e. The van der Waals surface area contributed by atoms with Crippen molar-refractivity contribution in [1.29, 1.82) is 0 Å². The Morgan fingerprint density at radius 1 is 1.33 bits per heavy atom. The van der Waals surface area contributed by atoms with E-state index >= 15 is 0 Å². The second kappa shape index (κ2) is 6.49. The van der Waals surface area contributed by atoms with Crippen LogP contribution in [0.1, 0.15) is 52.9 Å². The van der Waals surface area contributed by atoms with E-state index in [2.05, 4.69) is 38.0 Å². The molecule has 0 saturated heterocycles. The molecule has 90 valence electrons. The van der Waals surface area contributed by atoms with E-state index in [4.69, 9.17) is 0 Å². The summed E-state index contributed by atoms with van der Waals surface area (Å²) in [5.41, 5.74) is 0. The van der Waals surface area contributed by atoms with Gasteiger partial charge in [-0.05, 0) is 53.1 Å². The first-order chi connectivity index (χ1) is 7.15. The molecule has 0 amide bonds. The molecule has 0 radical (unpaired) electrons. The van der Waals surface area contributed by atoms with Gasteiger partial charge in [0.2, 0.25) is 0 Å². The highest BCUT2D eigenvalue weighted by atomic mass is 15.2. The van der Waals surface area contributed by atoms with Gasteiger partial charge in [0, 0.05) is 18.1 Å². The van der Waals surface area contributed by atoms with Gasteiger partial charge >= 0.3 is 0 Å². The maximum absolute atomic E-state index is 3.57. The second-order valence-corrected chi connectivity index (χ2v) is 5.19. The lowest BCUT2D eigenvalue weighted by Crippen LogP contribution is -2.45. The first-order valence-electron chi connectivity index (χ1n) is 6.60. The molecule has 0 aromatic heterocycles. The first-order valence-corrected chi connectivity index (χ1v) is 6.60. The lowest BCUT2D eigenvalue weighted by molar-refractivity contribution is 0.108. The Bertz CT molecular complexity index is 166. The molecule has 2 unspecified atom stereocenters. The van der Waals surface area contributed by atoms with Crippen molar-refractivity contribution < 1.29 is 0 Å². The Labute approximate surface area is 95.4 Å². The summed E-state index contributed by atoms with van der Waals surface area (Å²) < 4.78 is 0. The molecule has 0 aromatic carbocycles. The molecule has 1 rings (SSSR count). The summed E-state index contributed by atoms with van der Waals surface area (Å²) in [7, 11) is 2.29. The molecule has 0 heterocycles. The van der Waals surface area contributed by atoms with Crippen LogP contribution < -0.4 is 5.32 Å². The predicted molar refractivity (Wildman–Crippen MR) is 67.2 cm³/mol. The first kappa shape index (κ1) is 13.0. The van der Waals surface area contributed by atoms with Crippen molar-refractivity contribution in [1.82, 2.24) is 10.2 Å². The van der Waals surface area contributed by atoms with Gasteiger partial charge in [0.15, 0.2) is 0 Å². The van der Waals surface area contributed by atoms with Crippen LogP contribution in [0, 0.1) is 0 Å². The van der Waals surface area contributed by atoms with Crippen LogP contribution >= 0.6 is 0 Å². The second-order valence-electron chi connectivity index (χ2n) is 5.19. The van der Waals surface area contributed by atoms with Gasteiger partial charge in [-0.15, -0.1) is 0 Å². The fourth-order valence-electron chi connectivity index (χ4n) is 2.31. The normalized spacial score (nSPS) is 21.4. The Kier molecular flexibility index (Phi) is 5.62. The maximum Gasteiger partial charge on any atom is 0.00950 e. The van der Waals surface area contributed by atoms with E-state index in [1.54, 1.807) is 0 Å². The summed E-state index contributed by atoms with van der Waals surface area (Å²) in [6.45, 7) is 8.05. The largest absolute Gasteiger partial charge is 0.314 e. The summed E-state index contributed by atoms with van der Waals surface area (Å²) in [6, 6.07) is 2.25. The SMILES string of the molecule is CCCNC(C)CC(C)N(C)C1CCC1. The van der Waals surface area contributed by atoms with Crippen LogP contribution in [-0.2, 0) is 0 Å². The van der Waals surface area contributed by atoms with Gasteiger partial charge < -0.3 is 10.2 Å². The topological polar surface area (TPSA) is 15.3 Å². The predicted octanol–water partition coefficient (Wildman–Crippen LogP) is 2.64. The standard InChI is InChI=1S/C13H28N2/c1-5-9-14-11(2)10-12(3)15(4)13-7-6-8-13/h11-14H,5-10H2,1-4H3. The van der Waals surface area contributed by atoms with E-state index in [-0.39, 0.29) is 0 Å².